The van der Waals surface area contributed by atoms with Crippen molar-refractivity contribution < 1.29 is 0 Å². The van der Waals surface area contributed by atoms with Crippen LogP contribution in [-0.2, 0) is 7.05 Å². The predicted molar refractivity (Wildman–Crippen MR) is 103 cm³/mol. The van der Waals surface area contributed by atoms with Crippen molar-refractivity contribution in [3.05, 3.63) is 49.2 Å². The van der Waals surface area contributed by atoms with Crippen LogP contribution in [0.25, 0.3) is 28.3 Å². The van der Waals surface area contributed by atoms with Crippen molar-refractivity contribution in [2.75, 3.05) is 18.4 Å². The molecular weight excluding hydrogens is 340 g/mol. The SMILES string of the molecule is Cn1cc(-c2cn3c(-c4cccc(NC5CCNC5)n4)cnc3cn2)cn1. The van der Waals surface area contributed by atoms with Crippen LogP contribution in [0.2, 0.25) is 0 Å². The van der Waals surface area contributed by atoms with E-state index in [1.165, 1.54) is 0 Å². The summed E-state index contributed by atoms with van der Waals surface area (Å²) in [7, 11) is 1.90. The smallest absolute Gasteiger partial charge is 0.155 e. The average Bonchev–Trinajstić information content (AvgIpc) is 3.42. The molecule has 1 aliphatic heterocycles. The molecule has 0 saturated carbocycles. The maximum absolute atomic E-state index is 4.80. The molecule has 1 atom stereocenters. The van der Waals surface area contributed by atoms with Gasteiger partial charge in [-0.05, 0) is 25.1 Å². The van der Waals surface area contributed by atoms with Crippen molar-refractivity contribution in [1.29, 1.82) is 0 Å². The summed E-state index contributed by atoms with van der Waals surface area (Å²) in [6.45, 7) is 2.02. The van der Waals surface area contributed by atoms with Crippen LogP contribution in [0.4, 0.5) is 5.82 Å². The summed E-state index contributed by atoms with van der Waals surface area (Å²) in [5.74, 6) is 0.887. The Morgan fingerprint density at radius 1 is 1.11 bits per heavy atom. The number of fused-ring (bicyclic) bond motifs is 1. The van der Waals surface area contributed by atoms with Gasteiger partial charge in [-0.1, -0.05) is 6.07 Å². The molecule has 0 aromatic carbocycles. The van der Waals surface area contributed by atoms with Crippen LogP contribution in [0, 0.1) is 0 Å². The van der Waals surface area contributed by atoms with Crippen molar-refractivity contribution in [3.8, 4) is 22.6 Å². The third kappa shape index (κ3) is 3.04. The van der Waals surface area contributed by atoms with E-state index in [1.807, 2.05) is 54.4 Å². The van der Waals surface area contributed by atoms with Crippen LogP contribution >= 0.6 is 0 Å². The molecule has 4 aromatic heterocycles. The minimum Gasteiger partial charge on any atom is -0.366 e. The van der Waals surface area contributed by atoms with Gasteiger partial charge < -0.3 is 10.6 Å². The second-order valence-corrected chi connectivity index (χ2v) is 6.79. The van der Waals surface area contributed by atoms with Crippen molar-refractivity contribution in [2.24, 2.45) is 7.05 Å². The van der Waals surface area contributed by atoms with Gasteiger partial charge in [0.25, 0.3) is 0 Å². The van der Waals surface area contributed by atoms with Gasteiger partial charge in [0.1, 0.15) is 5.82 Å². The number of rotatable bonds is 4. The number of nitrogens with one attached hydrogen (secondary N) is 2. The molecule has 0 amide bonds. The Balaban J connectivity index is 1.52. The van der Waals surface area contributed by atoms with E-state index in [2.05, 4.69) is 25.7 Å². The second-order valence-electron chi connectivity index (χ2n) is 6.79. The summed E-state index contributed by atoms with van der Waals surface area (Å²) >= 11 is 0. The largest absolute Gasteiger partial charge is 0.366 e. The number of pyridine rings is 1. The van der Waals surface area contributed by atoms with E-state index in [1.54, 1.807) is 10.9 Å². The Hall–Kier alpha value is -3.26. The minimum atomic E-state index is 0.427. The summed E-state index contributed by atoms with van der Waals surface area (Å²) in [5, 5.41) is 11.1. The molecule has 2 N–H and O–H groups in total. The lowest BCUT2D eigenvalue weighted by Crippen LogP contribution is -2.22. The van der Waals surface area contributed by atoms with Crippen LogP contribution in [-0.4, -0.2) is 48.3 Å². The van der Waals surface area contributed by atoms with Crippen LogP contribution in [0.15, 0.2) is 49.2 Å². The van der Waals surface area contributed by atoms with Crippen molar-refractivity contribution >= 4 is 11.5 Å². The third-order valence-electron chi connectivity index (χ3n) is 4.82. The van der Waals surface area contributed by atoms with Crippen LogP contribution in [0.5, 0.6) is 0 Å². The van der Waals surface area contributed by atoms with Crippen LogP contribution in [0.1, 0.15) is 6.42 Å². The molecule has 1 unspecified atom stereocenters. The quantitative estimate of drug-likeness (QED) is 0.579. The lowest BCUT2D eigenvalue weighted by molar-refractivity contribution is 0.768. The zero-order valence-corrected chi connectivity index (χ0v) is 15.0. The molecule has 4 aromatic rings. The van der Waals surface area contributed by atoms with E-state index in [0.717, 1.165) is 53.6 Å². The van der Waals surface area contributed by atoms with Gasteiger partial charge >= 0.3 is 0 Å². The molecule has 1 fully saturated rings. The lowest BCUT2D eigenvalue weighted by Gasteiger charge is -2.12. The van der Waals surface area contributed by atoms with Crippen LogP contribution in [0.3, 0.4) is 0 Å². The molecule has 5 rings (SSSR count). The number of anilines is 1. The van der Waals surface area contributed by atoms with E-state index in [4.69, 9.17) is 4.98 Å². The van der Waals surface area contributed by atoms with Crippen molar-refractivity contribution in [3.63, 3.8) is 0 Å². The molecule has 0 spiro atoms. The fraction of sp³-hybridized carbons (Fsp3) is 0.263. The first kappa shape index (κ1) is 16.0. The Morgan fingerprint density at radius 2 is 2.07 bits per heavy atom. The zero-order chi connectivity index (χ0) is 18.2. The summed E-state index contributed by atoms with van der Waals surface area (Å²) in [5.41, 5.74) is 4.42. The predicted octanol–water partition coefficient (Wildman–Crippen LogP) is 1.97. The summed E-state index contributed by atoms with van der Waals surface area (Å²) in [4.78, 5) is 13.8. The topological polar surface area (TPSA) is 85.0 Å². The molecular formula is C19H20N8. The van der Waals surface area contributed by atoms with Crippen molar-refractivity contribution in [1.82, 2.24) is 34.4 Å². The van der Waals surface area contributed by atoms with Gasteiger partial charge in [0.2, 0.25) is 0 Å². The highest BCUT2D eigenvalue weighted by atomic mass is 15.2. The molecule has 1 aliphatic rings. The highest BCUT2D eigenvalue weighted by Gasteiger charge is 2.15. The molecule has 0 radical (unpaired) electrons. The fourth-order valence-electron chi connectivity index (χ4n) is 3.43. The Kier molecular flexibility index (Phi) is 3.83. The van der Waals surface area contributed by atoms with Crippen molar-refractivity contribution in [2.45, 2.75) is 12.5 Å². The van der Waals surface area contributed by atoms with E-state index < -0.39 is 0 Å². The summed E-state index contributed by atoms with van der Waals surface area (Å²) < 4.78 is 3.79. The monoisotopic (exact) mass is 360 g/mol. The molecule has 1 saturated heterocycles. The number of hydrogen-bond acceptors (Lipinski definition) is 6. The van der Waals surface area contributed by atoms with Gasteiger partial charge in [0, 0.05) is 37.6 Å². The van der Waals surface area contributed by atoms with E-state index in [-0.39, 0.29) is 0 Å². The Morgan fingerprint density at radius 3 is 2.89 bits per heavy atom. The summed E-state index contributed by atoms with van der Waals surface area (Å²) in [6, 6.07) is 6.46. The number of hydrogen-bond donors (Lipinski definition) is 2. The maximum Gasteiger partial charge on any atom is 0.155 e. The Labute approximate surface area is 156 Å². The molecule has 0 aliphatic carbocycles. The second kappa shape index (κ2) is 6.48. The molecule has 5 heterocycles. The first-order chi connectivity index (χ1) is 13.3. The van der Waals surface area contributed by atoms with Gasteiger partial charge in [-0.3, -0.25) is 14.1 Å². The zero-order valence-electron chi connectivity index (χ0n) is 15.0. The van der Waals surface area contributed by atoms with Gasteiger partial charge in [-0.25, -0.2) is 9.97 Å². The first-order valence-corrected chi connectivity index (χ1v) is 9.03. The van der Waals surface area contributed by atoms with E-state index >= 15 is 0 Å². The normalized spacial score (nSPS) is 16.9. The maximum atomic E-state index is 4.80. The van der Waals surface area contributed by atoms with E-state index in [0.29, 0.717) is 6.04 Å². The molecule has 0 bridgehead atoms. The number of imidazole rings is 1. The number of nitrogens with zero attached hydrogens (tertiary/aromatic N) is 6. The molecule has 8 nitrogen and oxygen atoms in total. The fourth-order valence-corrected chi connectivity index (χ4v) is 3.43. The standard InChI is InChI=1S/C19H20N8/c1-26-11-13(7-23-26)16-12-27-17(9-22-19(27)10-21-16)15-3-2-4-18(25-15)24-14-5-6-20-8-14/h2-4,7,9-12,14,20H,5-6,8H2,1H3,(H,24,25). The first-order valence-electron chi connectivity index (χ1n) is 9.03. The lowest BCUT2D eigenvalue weighted by atomic mass is 10.2. The summed E-state index contributed by atoms with van der Waals surface area (Å²) in [6.07, 6.45) is 10.5. The third-order valence-corrected chi connectivity index (χ3v) is 4.82. The van der Waals surface area contributed by atoms with Gasteiger partial charge in [0.05, 0.1) is 35.7 Å². The highest BCUT2D eigenvalue weighted by Crippen LogP contribution is 2.23. The molecule has 8 heteroatoms. The Bertz CT molecular complexity index is 1090. The minimum absolute atomic E-state index is 0.427. The van der Waals surface area contributed by atoms with Crippen LogP contribution < -0.4 is 10.6 Å². The van der Waals surface area contributed by atoms with Gasteiger partial charge in [-0.2, -0.15) is 5.10 Å². The van der Waals surface area contributed by atoms with Gasteiger partial charge in [0.15, 0.2) is 5.65 Å². The number of aromatic nitrogens is 6. The highest BCUT2D eigenvalue weighted by molar-refractivity contribution is 5.64. The molecule has 136 valence electrons. The van der Waals surface area contributed by atoms with Gasteiger partial charge in [-0.15, -0.1) is 0 Å². The number of aryl methyl sites for hydroxylation is 1. The van der Waals surface area contributed by atoms with E-state index in [9.17, 15) is 0 Å². The molecule has 27 heavy (non-hydrogen) atoms. The average molecular weight is 360 g/mol.